The zero-order chi connectivity index (χ0) is 17.0. The molecule has 1 saturated carbocycles. The highest BCUT2D eigenvalue weighted by atomic mass is 16.6. The van der Waals surface area contributed by atoms with Gasteiger partial charge in [0.2, 0.25) is 0 Å². The molecule has 1 N–H and O–H groups in total. The summed E-state index contributed by atoms with van der Waals surface area (Å²) in [5.74, 6) is 0.719. The van der Waals surface area contributed by atoms with Gasteiger partial charge in [0.15, 0.2) is 0 Å². The van der Waals surface area contributed by atoms with Gasteiger partial charge in [-0.15, -0.1) is 0 Å². The molecule has 0 spiro atoms. The third-order valence-corrected chi connectivity index (χ3v) is 4.66. The number of carbonyl (C=O) groups excluding carboxylic acids is 1. The zero-order valence-electron chi connectivity index (χ0n) is 15.1. The molecule has 0 aromatic heterocycles. The molecule has 0 aromatic carbocycles. The lowest BCUT2D eigenvalue weighted by atomic mass is 9.78. The third-order valence-electron chi connectivity index (χ3n) is 4.66. The van der Waals surface area contributed by atoms with Gasteiger partial charge in [0.05, 0.1) is 18.3 Å². The highest BCUT2D eigenvalue weighted by molar-refractivity contribution is 5.68. The van der Waals surface area contributed by atoms with Crippen molar-refractivity contribution in [1.82, 2.24) is 4.90 Å². The lowest BCUT2D eigenvalue weighted by Crippen LogP contribution is -2.45. The van der Waals surface area contributed by atoms with Gasteiger partial charge in [0.1, 0.15) is 5.60 Å². The number of piperidine rings is 1. The zero-order valence-corrected chi connectivity index (χ0v) is 15.1. The van der Waals surface area contributed by atoms with E-state index in [1.54, 1.807) is 4.90 Å². The van der Waals surface area contributed by atoms with Gasteiger partial charge < -0.3 is 19.5 Å². The van der Waals surface area contributed by atoms with Crippen LogP contribution in [-0.4, -0.2) is 53.1 Å². The summed E-state index contributed by atoms with van der Waals surface area (Å²) in [7, 11) is 0. The first kappa shape index (κ1) is 18.5. The molecule has 5 nitrogen and oxygen atoms in total. The smallest absolute Gasteiger partial charge is 0.410 e. The molecule has 134 valence electrons. The normalized spacial score (nSPS) is 27.4. The molecule has 1 saturated heterocycles. The number of nitrogens with zero attached hydrogens (tertiary/aromatic N) is 1. The minimum atomic E-state index is -0.433. The van der Waals surface area contributed by atoms with Crippen LogP contribution in [-0.2, 0) is 9.47 Å². The number of aliphatic hydroxyl groups excluding tert-OH is 1. The van der Waals surface area contributed by atoms with Gasteiger partial charge in [0, 0.05) is 13.1 Å². The van der Waals surface area contributed by atoms with E-state index in [2.05, 4.69) is 0 Å². The van der Waals surface area contributed by atoms with E-state index in [4.69, 9.17) is 9.47 Å². The number of rotatable bonds is 5. The molecular weight excluding hydrogens is 294 g/mol. The second kappa shape index (κ2) is 7.84. The Labute approximate surface area is 140 Å². The summed E-state index contributed by atoms with van der Waals surface area (Å²) in [5, 5.41) is 9.31. The predicted molar refractivity (Wildman–Crippen MR) is 89.3 cm³/mol. The van der Waals surface area contributed by atoms with Crippen molar-refractivity contribution in [3.63, 3.8) is 0 Å². The van der Waals surface area contributed by atoms with Crippen LogP contribution < -0.4 is 0 Å². The highest BCUT2D eigenvalue weighted by Gasteiger charge is 2.33. The number of hydrogen-bond acceptors (Lipinski definition) is 4. The average molecular weight is 327 g/mol. The number of hydrogen-bond donors (Lipinski definition) is 1. The van der Waals surface area contributed by atoms with Crippen molar-refractivity contribution in [2.75, 3.05) is 13.1 Å². The Morgan fingerprint density at radius 3 is 2.35 bits per heavy atom. The minimum Gasteiger partial charge on any atom is -0.444 e. The van der Waals surface area contributed by atoms with Crippen LogP contribution in [0.25, 0.3) is 0 Å². The third kappa shape index (κ3) is 6.30. The quantitative estimate of drug-likeness (QED) is 0.841. The van der Waals surface area contributed by atoms with Crippen molar-refractivity contribution in [3.8, 4) is 0 Å². The first-order chi connectivity index (χ1) is 10.7. The highest BCUT2D eigenvalue weighted by Crippen LogP contribution is 2.35. The molecule has 2 fully saturated rings. The second-order valence-electron chi connectivity index (χ2n) is 8.19. The van der Waals surface area contributed by atoms with Crippen LogP contribution in [0.15, 0.2) is 0 Å². The maximum atomic E-state index is 12.0. The molecule has 1 heterocycles. The maximum absolute atomic E-state index is 12.0. The Hall–Kier alpha value is -0.810. The van der Waals surface area contributed by atoms with E-state index >= 15 is 0 Å². The van der Waals surface area contributed by atoms with Crippen LogP contribution in [0.5, 0.6) is 0 Å². The molecule has 0 aromatic rings. The first-order valence-electron chi connectivity index (χ1n) is 9.04. The predicted octanol–water partition coefficient (Wildman–Crippen LogP) is 3.34. The fourth-order valence-corrected chi connectivity index (χ4v) is 3.27. The lowest BCUT2D eigenvalue weighted by molar-refractivity contribution is -0.0958. The Bertz CT molecular complexity index is 377. The molecular formula is C18H33NO4. The summed E-state index contributed by atoms with van der Waals surface area (Å²) in [4.78, 5) is 13.8. The van der Waals surface area contributed by atoms with Crippen molar-refractivity contribution in [3.05, 3.63) is 0 Å². The van der Waals surface area contributed by atoms with Crippen LogP contribution in [0.3, 0.4) is 0 Å². The Morgan fingerprint density at radius 1 is 1.22 bits per heavy atom. The number of likely N-dealkylation sites (tertiary alicyclic amines) is 1. The Kier molecular flexibility index (Phi) is 6.32. The maximum Gasteiger partial charge on any atom is 0.410 e. The molecule has 0 bridgehead atoms. The van der Waals surface area contributed by atoms with Gasteiger partial charge in [-0.1, -0.05) is 0 Å². The summed E-state index contributed by atoms with van der Waals surface area (Å²) in [5.41, 5.74) is -0.433. The van der Waals surface area contributed by atoms with Gasteiger partial charge in [0.25, 0.3) is 0 Å². The van der Waals surface area contributed by atoms with Gasteiger partial charge >= 0.3 is 6.09 Å². The van der Waals surface area contributed by atoms with Gasteiger partial charge in [-0.25, -0.2) is 4.79 Å². The summed E-state index contributed by atoms with van der Waals surface area (Å²) in [6, 6.07) is 0. The van der Waals surface area contributed by atoms with Crippen molar-refractivity contribution >= 4 is 6.09 Å². The van der Waals surface area contributed by atoms with Crippen LogP contribution in [0.4, 0.5) is 4.79 Å². The number of aliphatic hydroxyl groups is 1. The fourth-order valence-electron chi connectivity index (χ4n) is 3.27. The minimum absolute atomic E-state index is 0.188. The Morgan fingerprint density at radius 2 is 1.83 bits per heavy atom. The average Bonchev–Trinajstić information content (AvgIpc) is 2.39. The first-order valence-corrected chi connectivity index (χ1v) is 9.04. The lowest BCUT2D eigenvalue weighted by Gasteiger charge is -2.40. The molecule has 1 aliphatic carbocycles. The Balaban J connectivity index is 1.60. The van der Waals surface area contributed by atoms with E-state index < -0.39 is 5.60 Å². The van der Waals surface area contributed by atoms with Gasteiger partial charge in [-0.05, 0) is 72.1 Å². The SMILES string of the molecule is CC(O)CC[C@H]1C[C@H](OC2CCN(C(=O)OC(C)(C)C)CC2)C1. The topological polar surface area (TPSA) is 59.0 Å². The molecule has 5 heteroatoms. The largest absolute Gasteiger partial charge is 0.444 e. The fraction of sp³-hybridized carbons (Fsp3) is 0.944. The second-order valence-corrected chi connectivity index (χ2v) is 8.19. The summed E-state index contributed by atoms with van der Waals surface area (Å²) in [6.07, 6.45) is 6.30. The van der Waals surface area contributed by atoms with E-state index in [-0.39, 0.29) is 18.3 Å². The van der Waals surface area contributed by atoms with Crippen molar-refractivity contribution < 1.29 is 19.4 Å². The van der Waals surface area contributed by atoms with Gasteiger partial charge in [-0.2, -0.15) is 0 Å². The van der Waals surface area contributed by atoms with E-state index in [9.17, 15) is 9.90 Å². The van der Waals surface area contributed by atoms with Crippen molar-refractivity contribution in [2.24, 2.45) is 5.92 Å². The number of carbonyl (C=O) groups is 1. The van der Waals surface area contributed by atoms with Crippen molar-refractivity contribution in [2.45, 2.75) is 90.1 Å². The molecule has 1 aliphatic heterocycles. The van der Waals surface area contributed by atoms with Crippen LogP contribution in [0.1, 0.15) is 66.2 Å². The summed E-state index contributed by atoms with van der Waals surface area (Å²) in [6.45, 7) is 8.97. The summed E-state index contributed by atoms with van der Waals surface area (Å²) < 4.78 is 11.6. The molecule has 1 atom stereocenters. The number of amides is 1. The standard InChI is InChI=1S/C18H33NO4/c1-13(20)5-6-14-11-16(12-14)22-15-7-9-19(10-8-15)17(21)23-18(2,3)4/h13-16,20H,5-12H2,1-4H3/t13?,14-,16-. The van der Waals surface area contributed by atoms with E-state index in [1.807, 2.05) is 27.7 Å². The molecule has 0 radical (unpaired) electrons. The van der Waals surface area contributed by atoms with E-state index in [0.29, 0.717) is 6.10 Å². The molecule has 23 heavy (non-hydrogen) atoms. The van der Waals surface area contributed by atoms with Gasteiger partial charge in [-0.3, -0.25) is 0 Å². The molecule has 1 unspecified atom stereocenters. The summed E-state index contributed by atoms with van der Waals surface area (Å²) >= 11 is 0. The van der Waals surface area contributed by atoms with Crippen LogP contribution in [0, 0.1) is 5.92 Å². The monoisotopic (exact) mass is 327 g/mol. The molecule has 1 amide bonds. The number of ether oxygens (including phenoxy) is 2. The molecule has 2 rings (SSSR count). The van der Waals surface area contributed by atoms with Crippen LogP contribution >= 0.6 is 0 Å². The molecule has 2 aliphatic rings. The van der Waals surface area contributed by atoms with Crippen LogP contribution in [0.2, 0.25) is 0 Å². The van der Waals surface area contributed by atoms with E-state index in [1.165, 1.54) is 0 Å². The van der Waals surface area contributed by atoms with E-state index in [0.717, 1.165) is 57.5 Å². The van der Waals surface area contributed by atoms with Crippen molar-refractivity contribution in [1.29, 1.82) is 0 Å².